The summed E-state index contributed by atoms with van der Waals surface area (Å²) in [5, 5.41) is 8.74. The Hall–Kier alpha value is -1.34. The van der Waals surface area contributed by atoms with Crippen molar-refractivity contribution in [1.82, 2.24) is 0 Å². The molecule has 0 aliphatic carbocycles. The molecule has 98 valence electrons. The molecule has 1 aliphatic rings. The van der Waals surface area contributed by atoms with Gasteiger partial charge in [-0.05, 0) is 29.8 Å². The fraction of sp³-hybridized carbons (Fsp3) is 0.273. The van der Waals surface area contributed by atoms with E-state index in [0.29, 0.717) is 0 Å². The minimum atomic E-state index is -4.51. The number of fused-ring (bicyclic) bond motifs is 1. The van der Waals surface area contributed by atoms with Crippen LogP contribution in [-0.4, -0.2) is 20.1 Å². The first-order valence-corrected chi connectivity index (χ1v) is 6.53. The van der Waals surface area contributed by atoms with Gasteiger partial charge in [-0.3, -0.25) is 0 Å². The van der Waals surface area contributed by atoms with Crippen LogP contribution < -0.4 is 0 Å². The second-order valence-electron chi connectivity index (χ2n) is 3.84. The molecule has 0 atom stereocenters. The lowest BCUT2D eigenvalue weighted by Gasteiger charge is -2.08. The maximum Gasteiger partial charge on any atom is 0.416 e. The van der Waals surface area contributed by atoms with Crippen LogP contribution in [0.25, 0.3) is 6.08 Å². The zero-order valence-corrected chi connectivity index (χ0v) is 9.85. The molecule has 1 N–H and O–H groups in total. The molecule has 18 heavy (non-hydrogen) atoms. The van der Waals surface area contributed by atoms with E-state index in [-0.39, 0.29) is 28.4 Å². The molecule has 7 heteroatoms. The number of benzene rings is 1. The number of hydrogen-bond donors (Lipinski definition) is 1. The fourth-order valence-electron chi connectivity index (χ4n) is 1.79. The molecule has 0 bridgehead atoms. The quantitative estimate of drug-likeness (QED) is 0.902. The van der Waals surface area contributed by atoms with E-state index in [9.17, 15) is 21.6 Å². The highest BCUT2D eigenvalue weighted by atomic mass is 32.2. The summed E-state index contributed by atoms with van der Waals surface area (Å²) >= 11 is 0. The van der Waals surface area contributed by atoms with Gasteiger partial charge >= 0.3 is 6.18 Å². The largest absolute Gasteiger partial charge is 0.416 e. The van der Waals surface area contributed by atoms with Gasteiger partial charge in [0.25, 0.3) is 0 Å². The maximum atomic E-state index is 12.5. The predicted octanol–water partition coefficient (Wildman–Crippen LogP) is 2.22. The van der Waals surface area contributed by atoms with Crippen molar-refractivity contribution < 1.29 is 26.7 Å². The van der Waals surface area contributed by atoms with E-state index in [2.05, 4.69) is 0 Å². The smallest absolute Gasteiger partial charge is 0.396 e. The summed E-state index contributed by atoms with van der Waals surface area (Å²) in [4.78, 5) is -0.196. The number of aliphatic hydroxyl groups excluding tert-OH is 1. The lowest BCUT2D eigenvalue weighted by Crippen LogP contribution is -2.06. The molecule has 3 nitrogen and oxygen atoms in total. The summed E-state index contributed by atoms with van der Waals surface area (Å²) in [5.74, 6) is 0. The molecule has 1 aromatic carbocycles. The highest BCUT2D eigenvalue weighted by Gasteiger charge is 2.34. The Morgan fingerprint density at radius 1 is 1.22 bits per heavy atom. The van der Waals surface area contributed by atoms with Crippen molar-refractivity contribution in [1.29, 1.82) is 0 Å². The third-order valence-electron chi connectivity index (χ3n) is 2.65. The lowest BCUT2D eigenvalue weighted by atomic mass is 10.1. The molecular weight excluding hydrogens is 269 g/mol. The highest BCUT2D eigenvalue weighted by Crippen LogP contribution is 2.38. The van der Waals surface area contributed by atoms with Gasteiger partial charge in [-0.1, -0.05) is 0 Å². The first kappa shape index (κ1) is 13.1. The molecule has 0 saturated carbocycles. The molecule has 0 unspecified atom stereocenters. The van der Waals surface area contributed by atoms with Crippen molar-refractivity contribution in [2.24, 2.45) is 0 Å². The van der Waals surface area contributed by atoms with Crippen LogP contribution in [0.3, 0.4) is 0 Å². The molecule has 1 aromatic rings. The molecule has 2 rings (SSSR count). The normalized spacial score (nSPS) is 17.4. The van der Waals surface area contributed by atoms with E-state index in [1.807, 2.05) is 0 Å². The summed E-state index contributed by atoms with van der Waals surface area (Å²) in [6, 6.07) is 2.50. The molecule has 1 aliphatic heterocycles. The number of alkyl halides is 3. The molecule has 0 radical (unpaired) electrons. The Bertz CT molecular complexity index is 615. The lowest BCUT2D eigenvalue weighted by molar-refractivity contribution is -0.137. The first-order valence-electron chi connectivity index (χ1n) is 5.04. The highest BCUT2D eigenvalue weighted by molar-refractivity contribution is 7.95. The van der Waals surface area contributed by atoms with Crippen molar-refractivity contribution in [2.75, 3.05) is 6.61 Å². The minimum absolute atomic E-state index is 0.0216. The van der Waals surface area contributed by atoms with E-state index in [4.69, 9.17) is 5.11 Å². The van der Waals surface area contributed by atoms with Gasteiger partial charge in [0, 0.05) is 13.0 Å². The van der Waals surface area contributed by atoms with Crippen molar-refractivity contribution in [3.8, 4) is 0 Å². The summed E-state index contributed by atoms with van der Waals surface area (Å²) in [5.41, 5.74) is -0.869. The fourth-order valence-corrected chi connectivity index (χ4v) is 3.39. The molecular formula is C11H9F3O3S. The molecule has 0 aromatic heterocycles. The van der Waals surface area contributed by atoms with E-state index in [0.717, 1.165) is 18.2 Å². The van der Waals surface area contributed by atoms with Gasteiger partial charge in [0.2, 0.25) is 9.84 Å². The van der Waals surface area contributed by atoms with Crippen molar-refractivity contribution in [3.63, 3.8) is 0 Å². The van der Waals surface area contributed by atoms with E-state index in [1.165, 1.54) is 6.08 Å². The van der Waals surface area contributed by atoms with Gasteiger partial charge in [-0.2, -0.15) is 13.2 Å². The van der Waals surface area contributed by atoms with Crippen molar-refractivity contribution in [3.05, 3.63) is 34.2 Å². The van der Waals surface area contributed by atoms with Crippen LogP contribution in [0, 0.1) is 0 Å². The topological polar surface area (TPSA) is 54.4 Å². The maximum absolute atomic E-state index is 12.5. The average Bonchev–Trinajstić information content (AvgIpc) is 2.50. The number of aliphatic hydroxyl groups is 1. The summed E-state index contributed by atoms with van der Waals surface area (Å²) < 4.78 is 61.2. The van der Waals surface area contributed by atoms with E-state index in [1.54, 1.807) is 0 Å². The minimum Gasteiger partial charge on any atom is -0.396 e. The van der Waals surface area contributed by atoms with E-state index < -0.39 is 21.6 Å². The predicted molar refractivity (Wildman–Crippen MR) is 58.3 cm³/mol. The molecule has 0 spiro atoms. The van der Waals surface area contributed by atoms with Crippen molar-refractivity contribution in [2.45, 2.75) is 17.5 Å². The average molecular weight is 278 g/mol. The van der Waals surface area contributed by atoms with Crippen LogP contribution in [0.1, 0.15) is 17.5 Å². The number of halogens is 3. The van der Waals surface area contributed by atoms with Crippen LogP contribution in [0.2, 0.25) is 0 Å². The second kappa shape index (κ2) is 4.10. The molecule has 0 amide bonds. The second-order valence-corrected chi connectivity index (χ2v) is 5.81. The van der Waals surface area contributed by atoms with Gasteiger partial charge in [-0.15, -0.1) is 0 Å². The van der Waals surface area contributed by atoms with Crippen LogP contribution in [0.15, 0.2) is 28.0 Å². The van der Waals surface area contributed by atoms with Gasteiger partial charge in [0.1, 0.15) is 0 Å². The Labute approximate surface area is 101 Å². The zero-order chi connectivity index (χ0) is 13.6. The third-order valence-corrected chi connectivity index (χ3v) is 4.61. The van der Waals surface area contributed by atoms with Crippen LogP contribution in [-0.2, 0) is 16.0 Å². The van der Waals surface area contributed by atoms with Gasteiger partial charge in [0.15, 0.2) is 0 Å². The van der Waals surface area contributed by atoms with Gasteiger partial charge in [0.05, 0.1) is 15.4 Å². The summed E-state index contributed by atoms with van der Waals surface area (Å²) in [6.07, 6.45) is -3.43. The SMILES string of the molecule is O=S1(=O)C(CCO)=Cc2cc(C(F)(F)F)ccc21. The summed E-state index contributed by atoms with van der Waals surface area (Å²) in [7, 11) is -3.74. The Kier molecular flexibility index (Phi) is 2.98. The summed E-state index contributed by atoms with van der Waals surface area (Å²) in [6.45, 7) is -0.370. The van der Waals surface area contributed by atoms with Crippen LogP contribution >= 0.6 is 0 Å². The Balaban J connectivity index is 2.55. The standard InChI is InChI=1S/C11H9F3O3S/c12-11(13,14)8-1-2-10-7(5-8)6-9(3-4-15)18(10,16)17/h1-2,5-6,15H,3-4H2. The third kappa shape index (κ3) is 2.04. The van der Waals surface area contributed by atoms with E-state index >= 15 is 0 Å². The number of hydrogen-bond acceptors (Lipinski definition) is 3. The van der Waals surface area contributed by atoms with Crippen LogP contribution in [0.4, 0.5) is 13.2 Å². The van der Waals surface area contributed by atoms with Gasteiger partial charge < -0.3 is 5.11 Å². The number of sulfone groups is 1. The first-order chi connectivity index (χ1) is 8.26. The van der Waals surface area contributed by atoms with Crippen LogP contribution in [0.5, 0.6) is 0 Å². The Morgan fingerprint density at radius 2 is 1.89 bits per heavy atom. The zero-order valence-electron chi connectivity index (χ0n) is 9.03. The number of rotatable bonds is 2. The molecule has 0 fully saturated rings. The monoisotopic (exact) mass is 278 g/mol. The molecule has 0 saturated heterocycles. The Morgan fingerprint density at radius 3 is 2.44 bits per heavy atom. The van der Waals surface area contributed by atoms with Gasteiger partial charge in [-0.25, -0.2) is 8.42 Å². The van der Waals surface area contributed by atoms with Crippen molar-refractivity contribution >= 4 is 15.9 Å². The molecule has 1 heterocycles.